The van der Waals surface area contributed by atoms with E-state index >= 15 is 0 Å². The van der Waals surface area contributed by atoms with Crippen LogP contribution in [0.4, 0.5) is 17.1 Å². The van der Waals surface area contributed by atoms with Gasteiger partial charge in [0, 0.05) is 49.6 Å². The standard InChI is InChI=1S/C59H55NO/c1-36-29-39-31-37(2)32-40(30-36)59(39)51-23-11-10-22-50(51)58(5,6)54-35-43(26-28-52(54)59)60(42-25-27-46-45-17-7-9-21-49(45)57(3,4)53(46)34-42)41-16-13-15-38(33-41)44-19-14-20-48-47-18-8-12-24-55(47)61-56(44)48/h7-28,33-37,39-40H,29-32H2,1-6H3. The lowest BCUT2D eigenvalue weighted by molar-refractivity contribution is 0.0233. The van der Waals surface area contributed by atoms with Crippen LogP contribution in [0.5, 0.6) is 0 Å². The second kappa shape index (κ2) is 13.1. The van der Waals surface area contributed by atoms with Gasteiger partial charge in [0.2, 0.25) is 0 Å². The van der Waals surface area contributed by atoms with Gasteiger partial charge in [-0.05, 0) is 142 Å². The molecule has 2 saturated carbocycles. The number of hydrogen-bond donors (Lipinski definition) is 0. The third-order valence-corrected chi connectivity index (χ3v) is 16.1. The summed E-state index contributed by atoms with van der Waals surface area (Å²) in [6, 6.07) is 57.6. The summed E-state index contributed by atoms with van der Waals surface area (Å²) in [6.07, 6.45) is 5.23. The predicted octanol–water partition coefficient (Wildman–Crippen LogP) is 16.0. The molecule has 0 aliphatic heterocycles. The minimum absolute atomic E-state index is 0.0401. The maximum atomic E-state index is 6.61. The summed E-state index contributed by atoms with van der Waals surface area (Å²) < 4.78 is 6.61. The molecule has 4 aliphatic carbocycles. The largest absolute Gasteiger partial charge is 0.455 e. The summed E-state index contributed by atoms with van der Waals surface area (Å²) in [4.78, 5) is 2.54. The van der Waals surface area contributed by atoms with E-state index in [1.807, 2.05) is 0 Å². The van der Waals surface area contributed by atoms with Crippen molar-refractivity contribution >= 4 is 39.0 Å². The average molecular weight is 794 g/mol. The van der Waals surface area contributed by atoms with Gasteiger partial charge in [-0.2, -0.15) is 0 Å². The van der Waals surface area contributed by atoms with Crippen molar-refractivity contribution in [2.24, 2.45) is 23.7 Å². The van der Waals surface area contributed by atoms with E-state index in [0.717, 1.165) is 50.6 Å². The van der Waals surface area contributed by atoms with Crippen molar-refractivity contribution in [3.8, 4) is 22.3 Å². The third-order valence-electron chi connectivity index (χ3n) is 16.1. The Bertz CT molecular complexity index is 3040. The quantitative estimate of drug-likeness (QED) is 0.176. The Morgan fingerprint density at radius 2 is 0.984 bits per heavy atom. The Morgan fingerprint density at radius 3 is 1.75 bits per heavy atom. The number of rotatable bonds is 4. The number of hydrogen-bond acceptors (Lipinski definition) is 2. The molecule has 0 radical (unpaired) electrons. The minimum atomic E-state index is -0.164. The lowest BCUT2D eigenvalue weighted by atomic mass is 9.42. The molecule has 1 spiro atoms. The molecule has 0 unspecified atom stereocenters. The zero-order valence-corrected chi connectivity index (χ0v) is 36.4. The van der Waals surface area contributed by atoms with E-state index in [2.05, 4.69) is 198 Å². The van der Waals surface area contributed by atoms with Crippen LogP contribution < -0.4 is 4.90 Å². The third kappa shape index (κ3) is 5.14. The number of fused-ring (bicyclic) bond motifs is 8. The minimum Gasteiger partial charge on any atom is -0.455 e. The van der Waals surface area contributed by atoms with Crippen LogP contribution in [0.1, 0.15) is 101 Å². The van der Waals surface area contributed by atoms with Gasteiger partial charge >= 0.3 is 0 Å². The molecule has 0 atom stereocenters. The van der Waals surface area contributed by atoms with Crippen LogP contribution in [0.2, 0.25) is 0 Å². The van der Waals surface area contributed by atoms with Gasteiger partial charge in [-0.1, -0.05) is 151 Å². The molecule has 0 saturated heterocycles. The van der Waals surface area contributed by atoms with Crippen LogP contribution in [0, 0.1) is 23.7 Å². The number of furan rings is 1. The monoisotopic (exact) mass is 793 g/mol. The molecule has 2 fully saturated rings. The molecule has 0 amide bonds. The van der Waals surface area contributed by atoms with E-state index in [-0.39, 0.29) is 16.2 Å². The molecule has 2 nitrogen and oxygen atoms in total. The van der Waals surface area contributed by atoms with Gasteiger partial charge in [-0.25, -0.2) is 0 Å². The molecule has 302 valence electrons. The topological polar surface area (TPSA) is 16.4 Å². The first kappa shape index (κ1) is 36.9. The molecule has 8 aromatic rings. The van der Waals surface area contributed by atoms with Crippen LogP contribution in [0.15, 0.2) is 156 Å². The highest BCUT2D eigenvalue weighted by molar-refractivity contribution is 6.09. The predicted molar refractivity (Wildman–Crippen MR) is 255 cm³/mol. The number of nitrogens with zero attached hydrogens (tertiary/aromatic N) is 1. The van der Waals surface area contributed by atoms with Crippen molar-refractivity contribution in [1.29, 1.82) is 0 Å². The van der Waals surface area contributed by atoms with Gasteiger partial charge in [-0.3, -0.25) is 0 Å². The Morgan fingerprint density at radius 1 is 0.443 bits per heavy atom. The summed E-state index contributed by atoms with van der Waals surface area (Å²) in [5, 5.41) is 2.30. The van der Waals surface area contributed by atoms with Crippen LogP contribution in [0.25, 0.3) is 44.2 Å². The Kier molecular flexibility index (Phi) is 7.92. The molecule has 1 aromatic heterocycles. The fourth-order valence-corrected chi connectivity index (χ4v) is 13.6. The van der Waals surface area contributed by atoms with Crippen molar-refractivity contribution in [1.82, 2.24) is 0 Å². The zero-order valence-electron chi connectivity index (χ0n) is 36.4. The SMILES string of the molecule is CC1CC2CC(C)CC(C1)C21c2ccccc2C(C)(C)c2cc(N(c3cccc(-c4cccc5c4oc4ccccc45)c3)c3ccc4c(c3)C(C)(C)c3ccccc3-4)ccc21. The zero-order chi connectivity index (χ0) is 41.4. The molecule has 1 heterocycles. The summed E-state index contributed by atoms with van der Waals surface area (Å²) in [7, 11) is 0. The van der Waals surface area contributed by atoms with Crippen LogP contribution in [0.3, 0.4) is 0 Å². The Balaban J connectivity index is 1.08. The first-order valence-electron chi connectivity index (χ1n) is 22.9. The first-order valence-corrected chi connectivity index (χ1v) is 22.9. The molecule has 12 rings (SSSR count). The molecular formula is C59H55NO. The fourth-order valence-electron chi connectivity index (χ4n) is 13.6. The lowest BCUT2D eigenvalue weighted by Crippen LogP contribution is -2.55. The van der Waals surface area contributed by atoms with E-state index in [1.54, 1.807) is 11.1 Å². The highest BCUT2D eigenvalue weighted by atomic mass is 16.3. The second-order valence-electron chi connectivity index (χ2n) is 20.4. The van der Waals surface area contributed by atoms with Gasteiger partial charge in [0.1, 0.15) is 11.2 Å². The Hall–Kier alpha value is -5.86. The molecule has 4 aliphatic rings. The van der Waals surface area contributed by atoms with Crippen molar-refractivity contribution in [2.75, 3.05) is 4.90 Å². The summed E-state index contributed by atoms with van der Waals surface area (Å²) >= 11 is 0. The highest BCUT2D eigenvalue weighted by Gasteiger charge is 2.59. The maximum Gasteiger partial charge on any atom is 0.143 e. The summed E-state index contributed by atoms with van der Waals surface area (Å²) in [5.74, 6) is 2.81. The molecule has 2 heteroatoms. The van der Waals surface area contributed by atoms with Crippen molar-refractivity contribution in [3.05, 3.63) is 185 Å². The van der Waals surface area contributed by atoms with E-state index in [4.69, 9.17) is 4.42 Å². The van der Waals surface area contributed by atoms with Crippen molar-refractivity contribution < 1.29 is 4.42 Å². The van der Waals surface area contributed by atoms with Crippen LogP contribution >= 0.6 is 0 Å². The average Bonchev–Trinajstić information content (AvgIpc) is 3.75. The van der Waals surface area contributed by atoms with Crippen LogP contribution in [-0.2, 0) is 16.2 Å². The molecular weight excluding hydrogens is 739 g/mol. The van der Waals surface area contributed by atoms with Gasteiger partial charge in [-0.15, -0.1) is 0 Å². The molecule has 0 N–H and O–H groups in total. The fraction of sp³-hybridized carbons (Fsp3) is 0.288. The maximum absolute atomic E-state index is 6.61. The summed E-state index contributed by atoms with van der Waals surface area (Å²) in [5.41, 5.74) is 19.1. The number of anilines is 3. The van der Waals surface area contributed by atoms with Gasteiger partial charge < -0.3 is 9.32 Å². The highest BCUT2D eigenvalue weighted by Crippen LogP contribution is 2.65. The van der Waals surface area contributed by atoms with Gasteiger partial charge in [0.15, 0.2) is 0 Å². The van der Waals surface area contributed by atoms with E-state index in [9.17, 15) is 0 Å². The number of benzene rings is 7. The second-order valence-corrected chi connectivity index (χ2v) is 20.4. The van der Waals surface area contributed by atoms with E-state index in [1.165, 1.54) is 70.4 Å². The van der Waals surface area contributed by atoms with Gasteiger partial charge in [0.25, 0.3) is 0 Å². The van der Waals surface area contributed by atoms with Crippen molar-refractivity contribution in [2.45, 2.75) is 83.5 Å². The van der Waals surface area contributed by atoms with Crippen molar-refractivity contribution in [3.63, 3.8) is 0 Å². The molecule has 61 heavy (non-hydrogen) atoms. The normalized spacial score (nSPS) is 24.0. The Labute approximate surface area is 361 Å². The summed E-state index contributed by atoms with van der Waals surface area (Å²) in [6.45, 7) is 14.8. The number of para-hydroxylation sites is 2. The van der Waals surface area contributed by atoms with Gasteiger partial charge in [0.05, 0.1) is 0 Å². The first-order chi connectivity index (χ1) is 29.5. The lowest BCUT2D eigenvalue weighted by Gasteiger charge is -2.61. The van der Waals surface area contributed by atoms with E-state index < -0.39 is 0 Å². The van der Waals surface area contributed by atoms with E-state index in [0.29, 0.717) is 11.8 Å². The smallest absolute Gasteiger partial charge is 0.143 e. The molecule has 2 bridgehead atoms. The van der Waals surface area contributed by atoms with Crippen LogP contribution in [-0.4, -0.2) is 0 Å². The molecule has 7 aromatic carbocycles.